The summed E-state index contributed by atoms with van der Waals surface area (Å²) < 4.78 is 9.59. The van der Waals surface area contributed by atoms with Crippen LogP contribution in [0.15, 0.2) is 36.4 Å². The second-order valence-corrected chi connectivity index (χ2v) is 6.35. The van der Waals surface area contributed by atoms with Crippen molar-refractivity contribution in [2.75, 3.05) is 6.79 Å². The Labute approximate surface area is 234 Å². The van der Waals surface area contributed by atoms with Crippen LogP contribution in [-0.2, 0) is 74.9 Å². The summed E-state index contributed by atoms with van der Waals surface area (Å²) in [5, 5.41) is 18.5. The number of carbonyl (C=O) groups excluding carboxylic acids is 6. The van der Waals surface area contributed by atoms with E-state index in [0.29, 0.717) is 0 Å². The van der Waals surface area contributed by atoms with Crippen LogP contribution in [0.4, 0.5) is 0 Å². The SMILES string of the molecule is O=C(OCOC(=O)c1ccc2c(c1)C(=O)N(O)C2=O)c1ccc2c(c1)C(=O)N(O)C2=O.[Y].[Y]. The van der Waals surface area contributed by atoms with E-state index in [1.807, 2.05) is 0 Å². The maximum Gasteiger partial charge on any atom is 0.341 e. The molecule has 0 atom stereocenters. The molecule has 0 saturated carbocycles. The largest absolute Gasteiger partial charge is 0.424 e. The van der Waals surface area contributed by atoms with Gasteiger partial charge in [-0.15, -0.1) is 10.1 Å². The minimum Gasteiger partial charge on any atom is -0.424 e. The molecule has 0 aromatic heterocycles. The Morgan fingerprint density at radius 2 is 0.970 bits per heavy atom. The Balaban J connectivity index is 0.00000193. The molecule has 2 aromatic carbocycles. The van der Waals surface area contributed by atoms with Crippen molar-refractivity contribution in [3.8, 4) is 0 Å². The smallest absolute Gasteiger partial charge is 0.341 e. The first-order valence-electron chi connectivity index (χ1n) is 8.48. The van der Waals surface area contributed by atoms with E-state index in [9.17, 15) is 39.2 Å². The van der Waals surface area contributed by atoms with Gasteiger partial charge in [0, 0.05) is 65.4 Å². The fourth-order valence-corrected chi connectivity index (χ4v) is 3.01. The summed E-state index contributed by atoms with van der Waals surface area (Å²) in [7, 11) is 0. The quantitative estimate of drug-likeness (QED) is 0.219. The molecule has 12 nitrogen and oxygen atoms in total. The molecule has 0 unspecified atom stereocenters. The Bertz CT molecular complexity index is 1140. The van der Waals surface area contributed by atoms with E-state index in [2.05, 4.69) is 0 Å². The zero-order valence-electron chi connectivity index (χ0n) is 16.4. The zero-order valence-corrected chi connectivity index (χ0v) is 22.1. The van der Waals surface area contributed by atoms with Crippen LogP contribution < -0.4 is 0 Å². The van der Waals surface area contributed by atoms with Crippen molar-refractivity contribution in [1.29, 1.82) is 0 Å². The molecule has 2 aromatic rings. The van der Waals surface area contributed by atoms with E-state index in [-0.39, 0.29) is 109 Å². The zero-order chi connectivity index (χ0) is 22.4. The Kier molecular flexibility index (Phi) is 8.50. The molecule has 4 rings (SSSR count). The minimum absolute atomic E-state index is 0. The van der Waals surface area contributed by atoms with E-state index in [1.54, 1.807) is 0 Å². The number of hydrogen-bond donors (Lipinski definition) is 2. The summed E-state index contributed by atoms with van der Waals surface area (Å²) in [6.07, 6.45) is 0. The summed E-state index contributed by atoms with van der Waals surface area (Å²) in [5.41, 5.74) is -0.793. The summed E-state index contributed by atoms with van der Waals surface area (Å²) in [6.45, 7) is -0.816. The van der Waals surface area contributed by atoms with Gasteiger partial charge in [0.25, 0.3) is 23.6 Å². The predicted molar refractivity (Wildman–Crippen MR) is 93.2 cm³/mol. The van der Waals surface area contributed by atoms with Crippen LogP contribution in [0.5, 0.6) is 0 Å². The van der Waals surface area contributed by atoms with Crippen LogP contribution in [-0.4, -0.2) is 62.9 Å². The number of benzene rings is 2. The van der Waals surface area contributed by atoms with Gasteiger partial charge in [-0.05, 0) is 36.4 Å². The van der Waals surface area contributed by atoms with Crippen LogP contribution in [0, 0.1) is 0 Å². The monoisotopic (exact) mass is 604 g/mol. The van der Waals surface area contributed by atoms with Crippen molar-refractivity contribution in [2.24, 2.45) is 0 Å². The molecule has 0 saturated heterocycles. The second kappa shape index (κ2) is 10.4. The van der Waals surface area contributed by atoms with Gasteiger partial charge in [-0.2, -0.15) is 0 Å². The number of nitrogens with zero attached hydrogens (tertiary/aromatic N) is 2. The summed E-state index contributed by atoms with van der Waals surface area (Å²) in [4.78, 5) is 71.0. The molecule has 2 heterocycles. The molecule has 2 aliphatic rings. The molecule has 4 amide bonds. The maximum atomic E-state index is 12.1. The fourth-order valence-electron chi connectivity index (χ4n) is 3.01. The number of ether oxygens (including phenoxy) is 2. The molecule has 2 aliphatic heterocycles. The third kappa shape index (κ3) is 4.72. The molecular weight excluding hydrogens is 594 g/mol. The number of esters is 2. The van der Waals surface area contributed by atoms with Gasteiger partial charge in [-0.25, -0.2) is 9.59 Å². The van der Waals surface area contributed by atoms with Gasteiger partial charge in [0.1, 0.15) is 0 Å². The Morgan fingerprint density at radius 1 is 0.636 bits per heavy atom. The third-order valence-corrected chi connectivity index (χ3v) is 4.58. The van der Waals surface area contributed by atoms with Gasteiger partial charge in [-0.1, -0.05) is 0 Å². The Morgan fingerprint density at radius 3 is 1.33 bits per heavy atom. The van der Waals surface area contributed by atoms with Gasteiger partial charge in [-0.3, -0.25) is 29.6 Å². The van der Waals surface area contributed by atoms with Crippen LogP contribution in [0.3, 0.4) is 0 Å². The standard InChI is InChI=1S/C19H10N2O10.2Y/c22-14-10-3-1-8(5-12(10)16(24)20(14)28)18(26)30-7-31-19(27)9-2-4-11-13(6-9)17(25)21(29)15(11)23;;/h1-6,28-29H,7H2;;. The number of hydrogen-bond acceptors (Lipinski definition) is 10. The van der Waals surface area contributed by atoms with Crippen molar-refractivity contribution in [3.05, 3.63) is 69.8 Å². The van der Waals surface area contributed by atoms with E-state index >= 15 is 0 Å². The van der Waals surface area contributed by atoms with E-state index in [1.165, 1.54) is 24.3 Å². The number of carbonyl (C=O) groups is 6. The molecule has 0 spiro atoms. The molecule has 0 fully saturated rings. The maximum absolute atomic E-state index is 12.1. The van der Waals surface area contributed by atoms with Gasteiger partial charge >= 0.3 is 11.9 Å². The molecule has 2 radical (unpaired) electrons. The van der Waals surface area contributed by atoms with Crippen molar-refractivity contribution in [3.63, 3.8) is 0 Å². The molecule has 162 valence electrons. The van der Waals surface area contributed by atoms with Crippen molar-refractivity contribution >= 4 is 35.6 Å². The van der Waals surface area contributed by atoms with Crippen molar-refractivity contribution in [2.45, 2.75) is 0 Å². The van der Waals surface area contributed by atoms with E-state index in [0.717, 1.165) is 12.1 Å². The second-order valence-electron chi connectivity index (χ2n) is 6.35. The summed E-state index contributed by atoms with van der Waals surface area (Å²) in [6, 6.07) is 6.83. The van der Waals surface area contributed by atoms with Crippen molar-refractivity contribution < 1.29 is 114 Å². The number of fused-ring (bicyclic) bond motifs is 2. The first-order chi connectivity index (χ1) is 14.7. The Hall–Kier alpha value is -2.21. The van der Waals surface area contributed by atoms with Crippen LogP contribution >= 0.6 is 0 Å². The number of rotatable bonds is 4. The van der Waals surface area contributed by atoms with Gasteiger partial charge in [0.05, 0.1) is 33.4 Å². The van der Waals surface area contributed by atoms with Crippen LogP contribution in [0.2, 0.25) is 0 Å². The average molecular weight is 604 g/mol. The molecular formula is C19H10N2O10Y2. The molecule has 0 aliphatic carbocycles. The molecule has 2 N–H and O–H groups in total. The fraction of sp³-hybridized carbons (Fsp3) is 0.0526. The minimum atomic E-state index is -0.993. The summed E-state index contributed by atoms with van der Waals surface area (Å²) in [5.74, 6) is -5.78. The van der Waals surface area contributed by atoms with Crippen LogP contribution in [0.1, 0.15) is 62.1 Å². The van der Waals surface area contributed by atoms with Gasteiger partial charge < -0.3 is 9.47 Å². The van der Waals surface area contributed by atoms with Gasteiger partial charge in [0.15, 0.2) is 0 Å². The topological polar surface area (TPSA) is 168 Å². The molecule has 33 heavy (non-hydrogen) atoms. The molecule has 14 heteroatoms. The first kappa shape index (κ1) is 27.0. The average Bonchev–Trinajstić information content (AvgIpc) is 3.13. The van der Waals surface area contributed by atoms with E-state index < -0.39 is 42.4 Å². The normalized spacial score (nSPS) is 13.8. The number of amides is 4. The third-order valence-electron chi connectivity index (χ3n) is 4.58. The predicted octanol–water partition coefficient (Wildman–Crippen LogP) is 0.623. The van der Waals surface area contributed by atoms with Gasteiger partial charge in [0.2, 0.25) is 6.79 Å². The number of hydroxylamine groups is 4. The number of imide groups is 2. The molecule has 0 bridgehead atoms. The van der Waals surface area contributed by atoms with Crippen LogP contribution in [0.25, 0.3) is 0 Å². The first-order valence-corrected chi connectivity index (χ1v) is 8.48. The summed E-state index contributed by atoms with van der Waals surface area (Å²) >= 11 is 0. The van der Waals surface area contributed by atoms with E-state index in [4.69, 9.17) is 9.47 Å². The van der Waals surface area contributed by atoms with Crippen molar-refractivity contribution in [1.82, 2.24) is 10.1 Å².